The van der Waals surface area contributed by atoms with Gasteiger partial charge in [-0.05, 0) is 35.4 Å². The van der Waals surface area contributed by atoms with Gasteiger partial charge in [0.15, 0.2) is 0 Å². The zero-order chi connectivity index (χ0) is 10.3. The van der Waals surface area contributed by atoms with Crippen molar-refractivity contribution in [2.45, 2.75) is 32.1 Å². The second-order valence-corrected chi connectivity index (χ2v) is 4.21. The lowest BCUT2D eigenvalue weighted by Gasteiger charge is -2.09. The molecule has 1 aliphatic rings. The Hall–Kier alpha value is -1.31. The summed E-state index contributed by atoms with van der Waals surface area (Å²) in [4.78, 5) is 11.2. The van der Waals surface area contributed by atoms with Crippen molar-refractivity contribution in [3.63, 3.8) is 0 Å². The standard InChI is InChI=1S/C12H15NO/c1-7-6-8(2)11-9(7)4-3-5-10(11)12(13)14/h3-5,7-8H,6H2,1-2H3,(H2,13,14). The molecule has 0 spiro atoms. The van der Waals surface area contributed by atoms with Crippen LogP contribution in [0.2, 0.25) is 0 Å². The van der Waals surface area contributed by atoms with E-state index in [2.05, 4.69) is 19.9 Å². The maximum absolute atomic E-state index is 11.2. The SMILES string of the molecule is CC1CC(C)c2c(C(N)=O)cccc21. The summed E-state index contributed by atoms with van der Waals surface area (Å²) in [5.74, 6) is 0.714. The van der Waals surface area contributed by atoms with Crippen molar-refractivity contribution in [3.8, 4) is 0 Å². The first-order valence-electron chi connectivity index (χ1n) is 5.04. The van der Waals surface area contributed by atoms with Crippen LogP contribution in [0.4, 0.5) is 0 Å². The van der Waals surface area contributed by atoms with E-state index in [9.17, 15) is 4.79 Å². The molecule has 2 rings (SSSR count). The smallest absolute Gasteiger partial charge is 0.248 e. The van der Waals surface area contributed by atoms with Gasteiger partial charge >= 0.3 is 0 Å². The molecule has 1 aromatic rings. The summed E-state index contributed by atoms with van der Waals surface area (Å²) in [5, 5.41) is 0. The lowest BCUT2D eigenvalue weighted by molar-refractivity contribution is 0.0999. The van der Waals surface area contributed by atoms with Gasteiger partial charge in [0.2, 0.25) is 5.91 Å². The topological polar surface area (TPSA) is 43.1 Å². The van der Waals surface area contributed by atoms with Crippen molar-refractivity contribution < 1.29 is 4.79 Å². The van der Waals surface area contributed by atoms with Crippen LogP contribution in [0.25, 0.3) is 0 Å². The molecule has 1 amide bonds. The predicted octanol–water partition coefficient (Wildman–Crippen LogP) is 2.40. The molecule has 2 unspecified atom stereocenters. The molecular weight excluding hydrogens is 174 g/mol. The summed E-state index contributed by atoms with van der Waals surface area (Å²) >= 11 is 0. The minimum absolute atomic E-state index is 0.303. The number of carbonyl (C=O) groups is 1. The van der Waals surface area contributed by atoms with Crippen LogP contribution in [0, 0.1) is 0 Å². The number of rotatable bonds is 1. The van der Waals surface area contributed by atoms with Gasteiger partial charge in [-0.2, -0.15) is 0 Å². The first-order chi connectivity index (χ1) is 6.61. The van der Waals surface area contributed by atoms with E-state index in [1.54, 1.807) is 0 Å². The summed E-state index contributed by atoms with van der Waals surface area (Å²) in [5.41, 5.74) is 8.54. The summed E-state index contributed by atoms with van der Waals surface area (Å²) in [6.45, 7) is 4.36. The molecule has 2 atom stereocenters. The largest absolute Gasteiger partial charge is 0.366 e. The Morgan fingerprint density at radius 2 is 2.07 bits per heavy atom. The normalized spacial score (nSPS) is 24.7. The summed E-state index contributed by atoms with van der Waals surface area (Å²) in [6, 6.07) is 5.86. The number of nitrogens with two attached hydrogens (primary N) is 1. The van der Waals surface area contributed by atoms with E-state index in [0.29, 0.717) is 17.4 Å². The Morgan fingerprint density at radius 3 is 2.71 bits per heavy atom. The van der Waals surface area contributed by atoms with Gasteiger partial charge in [0.05, 0.1) is 0 Å². The second-order valence-electron chi connectivity index (χ2n) is 4.21. The molecule has 2 nitrogen and oxygen atoms in total. The summed E-state index contributed by atoms with van der Waals surface area (Å²) < 4.78 is 0. The van der Waals surface area contributed by atoms with Crippen molar-refractivity contribution >= 4 is 5.91 Å². The molecule has 1 aliphatic carbocycles. The fourth-order valence-electron chi connectivity index (χ4n) is 2.55. The van der Waals surface area contributed by atoms with Crippen LogP contribution < -0.4 is 5.73 Å². The number of primary amides is 1. The van der Waals surface area contributed by atoms with Crippen LogP contribution in [-0.4, -0.2) is 5.91 Å². The Morgan fingerprint density at radius 1 is 1.36 bits per heavy atom. The minimum atomic E-state index is -0.303. The highest BCUT2D eigenvalue weighted by Crippen LogP contribution is 2.42. The second kappa shape index (κ2) is 3.12. The van der Waals surface area contributed by atoms with Gasteiger partial charge in [-0.15, -0.1) is 0 Å². The fourth-order valence-corrected chi connectivity index (χ4v) is 2.55. The number of amides is 1. The van der Waals surface area contributed by atoms with Crippen LogP contribution in [0.3, 0.4) is 0 Å². The average Bonchev–Trinajstić information content (AvgIpc) is 2.43. The monoisotopic (exact) mass is 189 g/mol. The maximum atomic E-state index is 11.2. The van der Waals surface area contributed by atoms with Crippen LogP contribution >= 0.6 is 0 Å². The molecule has 2 N–H and O–H groups in total. The fraction of sp³-hybridized carbons (Fsp3) is 0.417. The van der Waals surface area contributed by atoms with Gasteiger partial charge in [0, 0.05) is 5.56 Å². The molecule has 0 aliphatic heterocycles. The van der Waals surface area contributed by atoms with Crippen molar-refractivity contribution in [1.29, 1.82) is 0 Å². The minimum Gasteiger partial charge on any atom is -0.366 e. The number of carbonyl (C=O) groups excluding carboxylic acids is 1. The van der Waals surface area contributed by atoms with E-state index in [1.165, 1.54) is 11.1 Å². The Bertz CT molecular complexity index is 384. The molecule has 0 heterocycles. The van der Waals surface area contributed by atoms with Gasteiger partial charge in [-0.25, -0.2) is 0 Å². The zero-order valence-corrected chi connectivity index (χ0v) is 8.58. The van der Waals surface area contributed by atoms with E-state index in [0.717, 1.165) is 6.42 Å². The number of fused-ring (bicyclic) bond motifs is 1. The highest BCUT2D eigenvalue weighted by molar-refractivity contribution is 5.95. The molecule has 0 saturated heterocycles. The first kappa shape index (κ1) is 9.25. The highest BCUT2D eigenvalue weighted by atomic mass is 16.1. The molecular formula is C12H15NO. The number of hydrogen-bond acceptors (Lipinski definition) is 1. The first-order valence-corrected chi connectivity index (χ1v) is 5.04. The predicted molar refractivity (Wildman–Crippen MR) is 56.4 cm³/mol. The Labute approximate surface area is 84.1 Å². The molecule has 0 aromatic heterocycles. The molecule has 74 valence electrons. The van der Waals surface area contributed by atoms with Crippen LogP contribution in [0.15, 0.2) is 18.2 Å². The van der Waals surface area contributed by atoms with Crippen molar-refractivity contribution in [3.05, 3.63) is 34.9 Å². The van der Waals surface area contributed by atoms with Gasteiger partial charge in [0.1, 0.15) is 0 Å². The Balaban J connectivity index is 2.62. The molecule has 0 bridgehead atoms. The van der Waals surface area contributed by atoms with Crippen molar-refractivity contribution in [2.75, 3.05) is 0 Å². The van der Waals surface area contributed by atoms with Crippen LogP contribution in [-0.2, 0) is 0 Å². The van der Waals surface area contributed by atoms with Crippen LogP contribution in [0.5, 0.6) is 0 Å². The van der Waals surface area contributed by atoms with E-state index in [4.69, 9.17) is 5.73 Å². The van der Waals surface area contributed by atoms with Gasteiger partial charge in [-0.1, -0.05) is 26.0 Å². The third kappa shape index (κ3) is 1.22. The van der Waals surface area contributed by atoms with Crippen LogP contribution in [0.1, 0.15) is 53.6 Å². The Kier molecular flexibility index (Phi) is 2.06. The molecule has 1 aromatic carbocycles. The summed E-state index contributed by atoms with van der Waals surface area (Å²) in [7, 11) is 0. The quantitative estimate of drug-likeness (QED) is 0.724. The molecule has 0 saturated carbocycles. The van der Waals surface area contributed by atoms with Gasteiger partial charge in [0.25, 0.3) is 0 Å². The lowest BCUT2D eigenvalue weighted by atomic mass is 9.96. The third-order valence-corrected chi connectivity index (χ3v) is 3.14. The van der Waals surface area contributed by atoms with E-state index >= 15 is 0 Å². The maximum Gasteiger partial charge on any atom is 0.248 e. The van der Waals surface area contributed by atoms with Crippen molar-refractivity contribution in [2.24, 2.45) is 5.73 Å². The molecule has 0 radical (unpaired) electrons. The van der Waals surface area contributed by atoms with Gasteiger partial charge < -0.3 is 5.73 Å². The molecule has 2 heteroatoms. The molecule has 14 heavy (non-hydrogen) atoms. The zero-order valence-electron chi connectivity index (χ0n) is 8.58. The molecule has 0 fully saturated rings. The van der Waals surface area contributed by atoms with Crippen molar-refractivity contribution in [1.82, 2.24) is 0 Å². The third-order valence-electron chi connectivity index (χ3n) is 3.14. The van der Waals surface area contributed by atoms with E-state index in [1.807, 2.05) is 12.1 Å². The average molecular weight is 189 g/mol. The number of hydrogen-bond donors (Lipinski definition) is 1. The highest BCUT2D eigenvalue weighted by Gasteiger charge is 2.28. The van der Waals surface area contributed by atoms with Gasteiger partial charge in [-0.3, -0.25) is 4.79 Å². The van der Waals surface area contributed by atoms with E-state index in [-0.39, 0.29) is 5.91 Å². The summed E-state index contributed by atoms with van der Waals surface area (Å²) in [6.07, 6.45) is 1.12. The van der Waals surface area contributed by atoms with E-state index < -0.39 is 0 Å². The number of benzene rings is 1. The lowest BCUT2D eigenvalue weighted by Crippen LogP contribution is -2.14.